The minimum Gasteiger partial charge on any atom is -0.355 e. The van der Waals surface area contributed by atoms with Gasteiger partial charge >= 0.3 is 0 Å². The number of amides is 1. The molecule has 0 aliphatic carbocycles. The van der Waals surface area contributed by atoms with Gasteiger partial charge in [0.1, 0.15) is 4.90 Å². The molecule has 0 saturated carbocycles. The largest absolute Gasteiger partial charge is 0.355 e. The summed E-state index contributed by atoms with van der Waals surface area (Å²) in [5, 5.41) is 3.07. The van der Waals surface area contributed by atoms with E-state index in [2.05, 4.69) is 10.3 Å². The highest BCUT2D eigenvalue weighted by molar-refractivity contribution is 7.89. The molecule has 0 bridgehead atoms. The third-order valence-corrected chi connectivity index (χ3v) is 7.22. The van der Waals surface area contributed by atoms with E-state index < -0.39 is 10.0 Å². The van der Waals surface area contributed by atoms with Crippen LogP contribution in [0.3, 0.4) is 0 Å². The molecule has 1 amide bonds. The molecule has 3 rings (SSSR count). The maximum Gasteiger partial charge on any atom is 0.244 e. The van der Waals surface area contributed by atoms with Crippen molar-refractivity contribution in [3.8, 4) is 0 Å². The third-order valence-electron chi connectivity index (χ3n) is 5.34. The van der Waals surface area contributed by atoms with E-state index in [-0.39, 0.29) is 22.6 Å². The fourth-order valence-corrected chi connectivity index (χ4v) is 5.06. The van der Waals surface area contributed by atoms with Crippen LogP contribution in [0.1, 0.15) is 37.7 Å². The van der Waals surface area contributed by atoms with Gasteiger partial charge in [-0.25, -0.2) is 8.42 Å². The highest BCUT2D eigenvalue weighted by Crippen LogP contribution is 2.24. The van der Waals surface area contributed by atoms with E-state index in [9.17, 15) is 13.2 Å². The van der Waals surface area contributed by atoms with Crippen LogP contribution in [-0.2, 0) is 14.8 Å². The molecule has 0 radical (unpaired) electrons. The Balaban J connectivity index is 1.51. The zero-order valence-corrected chi connectivity index (χ0v) is 16.9. The highest BCUT2D eigenvalue weighted by atomic mass is 32.2. The first kappa shape index (κ1) is 20.5. The number of hydrogen-bond donors (Lipinski definition) is 1. The topological polar surface area (TPSA) is 79.4 Å². The van der Waals surface area contributed by atoms with Gasteiger partial charge in [0, 0.05) is 32.0 Å². The normalized spacial score (nSPS) is 17.2. The number of benzene rings is 1. The SMILES string of the molecule is CC[C@H](C(=O)NCC1CCN(S(=O)(=O)c2cccnc2)CC1)c1ccccc1. The molecule has 1 aromatic carbocycles. The van der Waals surface area contributed by atoms with Gasteiger partial charge < -0.3 is 5.32 Å². The molecule has 1 saturated heterocycles. The molecule has 7 heteroatoms. The Morgan fingerprint density at radius 1 is 1.18 bits per heavy atom. The first-order valence-corrected chi connectivity index (χ1v) is 11.2. The molecule has 1 aromatic heterocycles. The maximum atomic E-state index is 12.7. The summed E-state index contributed by atoms with van der Waals surface area (Å²) in [4.78, 5) is 16.7. The average Bonchev–Trinajstić information content (AvgIpc) is 2.74. The van der Waals surface area contributed by atoms with Gasteiger partial charge in [0.25, 0.3) is 0 Å². The molecule has 150 valence electrons. The highest BCUT2D eigenvalue weighted by Gasteiger charge is 2.30. The van der Waals surface area contributed by atoms with Crippen LogP contribution in [0.4, 0.5) is 0 Å². The fraction of sp³-hybridized carbons (Fsp3) is 0.429. The summed E-state index contributed by atoms with van der Waals surface area (Å²) in [7, 11) is -3.49. The lowest BCUT2D eigenvalue weighted by Crippen LogP contribution is -2.42. The van der Waals surface area contributed by atoms with Crippen molar-refractivity contribution in [2.75, 3.05) is 19.6 Å². The number of aromatic nitrogens is 1. The number of carbonyl (C=O) groups excluding carboxylic acids is 1. The molecule has 1 N–H and O–H groups in total. The Hall–Kier alpha value is -2.25. The number of nitrogens with one attached hydrogen (secondary N) is 1. The Kier molecular flexibility index (Phi) is 6.80. The summed E-state index contributed by atoms with van der Waals surface area (Å²) in [5.41, 5.74) is 1.03. The van der Waals surface area contributed by atoms with Crippen LogP contribution in [0.2, 0.25) is 0 Å². The average molecular weight is 402 g/mol. The van der Waals surface area contributed by atoms with E-state index in [1.165, 1.54) is 10.5 Å². The molecule has 2 aromatic rings. The standard InChI is InChI=1S/C21H27N3O3S/c1-2-20(18-7-4-3-5-8-18)21(25)23-15-17-10-13-24(14-11-17)28(26,27)19-9-6-12-22-16-19/h3-9,12,16-17,20H,2,10-11,13-15H2,1H3,(H,23,25)/t20-/m0/s1. The van der Waals surface area contributed by atoms with Crippen molar-refractivity contribution in [2.45, 2.75) is 37.0 Å². The number of nitrogens with zero attached hydrogens (tertiary/aromatic N) is 2. The Morgan fingerprint density at radius 3 is 2.50 bits per heavy atom. The number of carbonyl (C=O) groups is 1. The number of rotatable bonds is 7. The van der Waals surface area contributed by atoms with Gasteiger partial charge in [-0.2, -0.15) is 4.31 Å². The van der Waals surface area contributed by atoms with Gasteiger partial charge in [0.05, 0.1) is 5.92 Å². The summed E-state index contributed by atoms with van der Waals surface area (Å²) < 4.78 is 26.8. The molecule has 2 heterocycles. The molecule has 1 aliphatic heterocycles. The fourth-order valence-electron chi connectivity index (χ4n) is 3.63. The summed E-state index contributed by atoms with van der Waals surface area (Å²) in [6.07, 6.45) is 5.17. The minimum atomic E-state index is -3.49. The number of sulfonamides is 1. The number of piperidine rings is 1. The monoisotopic (exact) mass is 401 g/mol. The van der Waals surface area contributed by atoms with Crippen molar-refractivity contribution in [3.63, 3.8) is 0 Å². The van der Waals surface area contributed by atoms with Crippen molar-refractivity contribution in [1.29, 1.82) is 0 Å². The van der Waals surface area contributed by atoms with Crippen LogP contribution >= 0.6 is 0 Å². The van der Waals surface area contributed by atoms with Gasteiger partial charge in [0.2, 0.25) is 15.9 Å². The first-order valence-electron chi connectivity index (χ1n) is 9.75. The molecule has 0 spiro atoms. The van der Waals surface area contributed by atoms with Crippen LogP contribution in [0.5, 0.6) is 0 Å². The Labute approximate surface area is 167 Å². The molecule has 1 aliphatic rings. The second kappa shape index (κ2) is 9.30. The van der Waals surface area contributed by atoms with Gasteiger partial charge in [0.15, 0.2) is 0 Å². The van der Waals surface area contributed by atoms with Crippen LogP contribution in [0, 0.1) is 5.92 Å². The second-order valence-corrected chi connectivity index (χ2v) is 9.09. The van der Waals surface area contributed by atoms with Crippen molar-refractivity contribution in [2.24, 2.45) is 5.92 Å². The Morgan fingerprint density at radius 2 is 1.89 bits per heavy atom. The molecular formula is C21H27N3O3S. The van der Waals surface area contributed by atoms with Gasteiger partial charge in [-0.1, -0.05) is 37.3 Å². The van der Waals surface area contributed by atoms with E-state index in [4.69, 9.17) is 0 Å². The smallest absolute Gasteiger partial charge is 0.244 e. The lowest BCUT2D eigenvalue weighted by Gasteiger charge is -2.31. The molecule has 6 nitrogen and oxygen atoms in total. The van der Waals surface area contributed by atoms with Gasteiger partial charge in [-0.15, -0.1) is 0 Å². The third kappa shape index (κ3) is 4.77. The Bertz CT molecular complexity index is 864. The molecule has 28 heavy (non-hydrogen) atoms. The van der Waals surface area contributed by atoms with E-state index in [1.54, 1.807) is 18.3 Å². The van der Waals surface area contributed by atoms with Crippen LogP contribution < -0.4 is 5.32 Å². The van der Waals surface area contributed by atoms with Crippen LogP contribution in [-0.4, -0.2) is 43.2 Å². The van der Waals surface area contributed by atoms with Gasteiger partial charge in [-0.05, 0) is 42.9 Å². The summed E-state index contributed by atoms with van der Waals surface area (Å²) in [6, 6.07) is 13.0. The van der Waals surface area contributed by atoms with Crippen LogP contribution in [0.15, 0.2) is 59.8 Å². The second-order valence-electron chi connectivity index (χ2n) is 7.15. The van der Waals surface area contributed by atoms with E-state index in [0.717, 1.165) is 24.8 Å². The summed E-state index contributed by atoms with van der Waals surface area (Å²) >= 11 is 0. The number of pyridine rings is 1. The number of hydrogen-bond acceptors (Lipinski definition) is 4. The van der Waals surface area contributed by atoms with E-state index in [0.29, 0.717) is 19.6 Å². The molecule has 1 atom stereocenters. The van der Waals surface area contributed by atoms with Crippen LogP contribution in [0.25, 0.3) is 0 Å². The lowest BCUT2D eigenvalue weighted by molar-refractivity contribution is -0.122. The minimum absolute atomic E-state index is 0.0408. The lowest BCUT2D eigenvalue weighted by atomic mass is 9.94. The van der Waals surface area contributed by atoms with Crippen molar-refractivity contribution >= 4 is 15.9 Å². The summed E-state index contributed by atoms with van der Waals surface area (Å²) in [5.74, 6) is 0.184. The summed E-state index contributed by atoms with van der Waals surface area (Å²) in [6.45, 7) is 3.53. The predicted octanol–water partition coefficient (Wildman–Crippen LogP) is 2.79. The quantitative estimate of drug-likeness (QED) is 0.774. The van der Waals surface area contributed by atoms with Crippen molar-refractivity contribution < 1.29 is 13.2 Å². The zero-order chi connectivity index (χ0) is 20.0. The first-order chi connectivity index (χ1) is 13.5. The molecule has 1 fully saturated rings. The van der Waals surface area contributed by atoms with E-state index in [1.807, 2.05) is 37.3 Å². The predicted molar refractivity (Wildman–Crippen MR) is 108 cm³/mol. The van der Waals surface area contributed by atoms with Gasteiger partial charge in [-0.3, -0.25) is 9.78 Å². The zero-order valence-electron chi connectivity index (χ0n) is 16.1. The van der Waals surface area contributed by atoms with Crippen molar-refractivity contribution in [3.05, 3.63) is 60.4 Å². The maximum absolute atomic E-state index is 12.7. The molecular weight excluding hydrogens is 374 g/mol. The molecule has 0 unspecified atom stereocenters. The van der Waals surface area contributed by atoms with Crippen molar-refractivity contribution in [1.82, 2.24) is 14.6 Å². The van der Waals surface area contributed by atoms with E-state index >= 15 is 0 Å².